The minimum absolute atomic E-state index is 0.0684. The summed E-state index contributed by atoms with van der Waals surface area (Å²) in [4.78, 5) is 14.4. The lowest BCUT2D eigenvalue weighted by atomic mass is 10.0. The molecule has 1 rings (SSSR count). The Hall–Kier alpha value is -0.860. The van der Waals surface area contributed by atoms with E-state index in [4.69, 9.17) is 11.6 Å². The number of carbonyl (C=O) groups excluding carboxylic acids is 1. The third-order valence-electron chi connectivity index (χ3n) is 2.97. The monoisotopic (exact) mass is 253 g/mol. The number of nitrogens with zero attached hydrogens (tertiary/aromatic N) is 1. The minimum atomic E-state index is -0.0684. The first-order valence-corrected chi connectivity index (χ1v) is 6.51. The first-order chi connectivity index (χ1) is 8.10. The van der Waals surface area contributed by atoms with Crippen LogP contribution < -0.4 is 0 Å². The Morgan fingerprint density at radius 3 is 2.35 bits per heavy atom. The third kappa shape index (κ3) is 3.83. The fourth-order valence-corrected chi connectivity index (χ4v) is 2.06. The summed E-state index contributed by atoms with van der Waals surface area (Å²) >= 11 is 5.81. The second kappa shape index (κ2) is 6.77. The van der Waals surface area contributed by atoms with E-state index in [1.165, 1.54) is 0 Å². The molecule has 94 valence electrons. The molecule has 0 aliphatic rings. The number of hydrogen-bond acceptors (Lipinski definition) is 2. The molecular weight excluding hydrogens is 234 g/mol. The summed E-state index contributed by atoms with van der Waals surface area (Å²) in [5, 5.41) is 0.662. The first kappa shape index (κ1) is 14.2. The highest BCUT2D eigenvalue weighted by molar-refractivity contribution is 6.30. The van der Waals surface area contributed by atoms with Gasteiger partial charge in [-0.05, 0) is 50.7 Å². The van der Waals surface area contributed by atoms with Crippen molar-refractivity contribution in [1.29, 1.82) is 0 Å². The van der Waals surface area contributed by atoms with Crippen LogP contribution in [0.5, 0.6) is 0 Å². The summed E-state index contributed by atoms with van der Waals surface area (Å²) in [5.74, 6) is 0.164. The highest BCUT2D eigenvalue weighted by Gasteiger charge is 2.20. The molecule has 1 atom stereocenters. The molecule has 0 aliphatic heterocycles. The fraction of sp³-hybridized carbons (Fsp3) is 0.500. The van der Waals surface area contributed by atoms with Crippen LogP contribution in [0.4, 0.5) is 0 Å². The average Bonchev–Trinajstić information content (AvgIpc) is 2.35. The second-order valence-electron chi connectivity index (χ2n) is 4.18. The predicted octanol–water partition coefficient (Wildman–Crippen LogP) is 3.64. The van der Waals surface area contributed by atoms with Crippen LogP contribution in [0.3, 0.4) is 0 Å². The Morgan fingerprint density at radius 2 is 1.88 bits per heavy atom. The maximum atomic E-state index is 12.2. The Bertz CT molecular complexity index is 361. The fourth-order valence-electron chi connectivity index (χ4n) is 1.93. The van der Waals surface area contributed by atoms with E-state index < -0.39 is 0 Å². The van der Waals surface area contributed by atoms with Crippen molar-refractivity contribution in [3.05, 3.63) is 34.9 Å². The highest BCUT2D eigenvalue weighted by atomic mass is 35.5. The van der Waals surface area contributed by atoms with Crippen LogP contribution in [0.15, 0.2) is 24.3 Å². The van der Waals surface area contributed by atoms with E-state index in [1.807, 2.05) is 6.92 Å². The quantitative estimate of drug-likeness (QED) is 0.722. The number of hydrogen-bond donors (Lipinski definition) is 0. The molecule has 0 amide bonds. The topological polar surface area (TPSA) is 20.3 Å². The Kier molecular flexibility index (Phi) is 5.66. The molecule has 0 radical (unpaired) electrons. The van der Waals surface area contributed by atoms with E-state index in [0.29, 0.717) is 5.02 Å². The van der Waals surface area contributed by atoms with E-state index in [1.54, 1.807) is 24.3 Å². The Labute approximate surface area is 109 Å². The molecule has 0 saturated heterocycles. The normalized spacial score (nSPS) is 12.8. The van der Waals surface area contributed by atoms with Gasteiger partial charge in [0.2, 0.25) is 0 Å². The number of likely N-dealkylation sites (N-methyl/N-ethyl adjacent to an activating group) is 1. The molecular formula is C14H20ClNO. The first-order valence-electron chi connectivity index (χ1n) is 6.14. The SMILES string of the molecule is CCCN(CC)C(C)C(=O)c1ccc(Cl)cc1. The largest absolute Gasteiger partial charge is 0.294 e. The van der Waals surface area contributed by atoms with Gasteiger partial charge in [-0.2, -0.15) is 0 Å². The maximum Gasteiger partial charge on any atom is 0.179 e. The van der Waals surface area contributed by atoms with E-state index in [2.05, 4.69) is 18.7 Å². The van der Waals surface area contributed by atoms with Gasteiger partial charge >= 0.3 is 0 Å². The van der Waals surface area contributed by atoms with Crippen LogP contribution in [0.25, 0.3) is 0 Å². The molecule has 0 fully saturated rings. The smallest absolute Gasteiger partial charge is 0.179 e. The third-order valence-corrected chi connectivity index (χ3v) is 3.22. The average molecular weight is 254 g/mol. The van der Waals surface area contributed by atoms with Crippen LogP contribution >= 0.6 is 11.6 Å². The van der Waals surface area contributed by atoms with Gasteiger partial charge in [-0.3, -0.25) is 9.69 Å². The summed E-state index contributed by atoms with van der Waals surface area (Å²) < 4.78 is 0. The van der Waals surface area contributed by atoms with E-state index in [0.717, 1.165) is 25.1 Å². The lowest BCUT2D eigenvalue weighted by Crippen LogP contribution is -2.39. The van der Waals surface area contributed by atoms with E-state index >= 15 is 0 Å². The highest BCUT2D eigenvalue weighted by Crippen LogP contribution is 2.13. The van der Waals surface area contributed by atoms with Gasteiger partial charge in [0.15, 0.2) is 5.78 Å². The van der Waals surface area contributed by atoms with Crippen LogP contribution in [-0.2, 0) is 0 Å². The molecule has 0 saturated carbocycles. The Balaban J connectivity index is 2.77. The van der Waals surface area contributed by atoms with E-state index in [-0.39, 0.29) is 11.8 Å². The summed E-state index contributed by atoms with van der Waals surface area (Å²) in [6.45, 7) is 8.03. The zero-order valence-electron chi connectivity index (χ0n) is 10.7. The van der Waals surface area contributed by atoms with Gasteiger partial charge in [0, 0.05) is 10.6 Å². The Morgan fingerprint density at radius 1 is 1.29 bits per heavy atom. The predicted molar refractivity (Wildman–Crippen MR) is 72.8 cm³/mol. The number of ketones is 1. The van der Waals surface area contributed by atoms with Crippen LogP contribution in [0.1, 0.15) is 37.6 Å². The zero-order chi connectivity index (χ0) is 12.8. The van der Waals surface area contributed by atoms with Gasteiger partial charge < -0.3 is 0 Å². The number of carbonyl (C=O) groups is 1. The lowest BCUT2D eigenvalue weighted by molar-refractivity contribution is 0.0845. The van der Waals surface area contributed by atoms with Gasteiger partial charge in [0.1, 0.15) is 0 Å². The molecule has 0 bridgehead atoms. The van der Waals surface area contributed by atoms with Crippen molar-refractivity contribution in [2.45, 2.75) is 33.2 Å². The van der Waals surface area contributed by atoms with Crippen LogP contribution in [0, 0.1) is 0 Å². The molecule has 1 aromatic rings. The molecule has 2 nitrogen and oxygen atoms in total. The van der Waals surface area contributed by atoms with Crippen molar-refractivity contribution >= 4 is 17.4 Å². The molecule has 0 N–H and O–H groups in total. The van der Waals surface area contributed by atoms with Crippen molar-refractivity contribution in [2.24, 2.45) is 0 Å². The minimum Gasteiger partial charge on any atom is -0.294 e. The molecule has 0 heterocycles. The molecule has 17 heavy (non-hydrogen) atoms. The summed E-state index contributed by atoms with van der Waals surface area (Å²) in [6, 6.07) is 7.04. The van der Waals surface area contributed by atoms with Gasteiger partial charge in [-0.1, -0.05) is 25.4 Å². The number of halogens is 1. The second-order valence-corrected chi connectivity index (χ2v) is 4.61. The van der Waals surface area contributed by atoms with E-state index in [9.17, 15) is 4.79 Å². The van der Waals surface area contributed by atoms with Crippen LogP contribution in [0.2, 0.25) is 5.02 Å². The van der Waals surface area contributed by atoms with Gasteiger partial charge in [-0.15, -0.1) is 0 Å². The number of benzene rings is 1. The van der Waals surface area contributed by atoms with Crippen molar-refractivity contribution < 1.29 is 4.79 Å². The standard InChI is InChI=1S/C14H20ClNO/c1-4-10-16(5-2)11(3)14(17)12-6-8-13(15)9-7-12/h6-9,11H,4-5,10H2,1-3H3. The molecule has 1 unspecified atom stereocenters. The molecule has 0 aromatic heterocycles. The summed E-state index contributed by atoms with van der Waals surface area (Å²) in [6.07, 6.45) is 1.06. The molecule has 3 heteroatoms. The van der Waals surface area contributed by atoms with Gasteiger partial charge in [0.05, 0.1) is 6.04 Å². The molecule has 0 aliphatic carbocycles. The molecule has 0 spiro atoms. The van der Waals surface area contributed by atoms with Crippen molar-refractivity contribution in [2.75, 3.05) is 13.1 Å². The van der Waals surface area contributed by atoms with Crippen LogP contribution in [-0.4, -0.2) is 29.8 Å². The van der Waals surface area contributed by atoms with Crippen molar-refractivity contribution in [1.82, 2.24) is 4.90 Å². The van der Waals surface area contributed by atoms with Gasteiger partial charge in [0.25, 0.3) is 0 Å². The van der Waals surface area contributed by atoms with Crippen molar-refractivity contribution in [3.8, 4) is 0 Å². The number of rotatable bonds is 6. The lowest BCUT2D eigenvalue weighted by Gasteiger charge is -2.26. The summed E-state index contributed by atoms with van der Waals surface area (Å²) in [7, 11) is 0. The van der Waals surface area contributed by atoms with Gasteiger partial charge in [-0.25, -0.2) is 0 Å². The summed E-state index contributed by atoms with van der Waals surface area (Å²) in [5.41, 5.74) is 0.733. The van der Waals surface area contributed by atoms with Crippen molar-refractivity contribution in [3.63, 3.8) is 0 Å². The number of Topliss-reactive ketones (excluding diaryl/α,β-unsaturated/α-hetero) is 1. The maximum absolute atomic E-state index is 12.2. The molecule has 1 aromatic carbocycles. The zero-order valence-corrected chi connectivity index (χ0v) is 11.5.